The third-order valence-corrected chi connectivity index (χ3v) is 2.89. The molecule has 0 saturated heterocycles. The van der Waals surface area contributed by atoms with Gasteiger partial charge < -0.3 is 16.0 Å². The summed E-state index contributed by atoms with van der Waals surface area (Å²) in [5.41, 5.74) is 0.675. The molecule has 0 aromatic heterocycles. The largest absolute Gasteiger partial charge is 0.356 e. The van der Waals surface area contributed by atoms with Crippen LogP contribution in [0, 0.1) is 5.82 Å². The van der Waals surface area contributed by atoms with Crippen LogP contribution in [0.1, 0.15) is 12.0 Å². The third kappa shape index (κ3) is 4.87. The Labute approximate surface area is 117 Å². The second kappa shape index (κ2) is 7.47. The number of rotatable bonds is 5. The molecule has 6 heteroatoms. The van der Waals surface area contributed by atoms with Gasteiger partial charge in [-0.2, -0.15) is 0 Å². The van der Waals surface area contributed by atoms with Gasteiger partial charge in [0.1, 0.15) is 5.82 Å². The van der Waals surface area contributed by atoms with Gasteiger partial charge in [-0.25, -0.2) is 4.39 Å². The van der Waals surface area contributed by atoms with Crippen LogP contribution in [-0.2, 0) is 11.2 Å². The van der Waals surface area contributed by atoms with Crippen LogP contribution in [0.3, 0.4) is 0 Å². The number of guanidine groups is 1. The Morgan fingerprint density at radius 2 is 2.30 bits per heavy atom. The minimum absolute atomic E-state index is 0.115. The first kappa shape index (κ1) is 14.3. The number of amides is 1. The van der Waals surface area contributed by atoms with Gasteiger partial charge in [0.05, 0.1) is 6.42 Å². The number of carbonyl (C=O) groups excluding carboxylic acids is 1. The van der Waals surface area contributed by atoms with E-state index in [1.807, 2.05) is 0 Å². The highest BCUT2D eigenvalue weighted by molar-refractivity contribution is 5.80. The molecule has 0 bridgehead atoms. The van der Waals surface area contributed by atoms with Crippen molar-refractivity contribution in [3.63, 3.8) is 0 Å². The van der Waals surface area contributed by atoms with Crippen molar-refractivity contribution >= 4 is 11.9 Å². The number of aliphatic imine (C=N–C) groups is 1. The van der Waals surface area contributed by atoms with Crippen LogP contribution < -0.4 is 16.0 Å². The van der Waals surface area contributed by atoms with E-state index in [2.05, 4.69) is 20.9 Å². The van der Waals surface area contributed by atoms with Gasteiger partial charge in [-0.15, -0.1) is 0 Å². The second-order valence-corrected chi connectivity index (χ2v) is 4.59. The normalized spacial score (nSPS) is 14.2. The van der Waals surface area contributed by atoms with Gasteiger partial charge in [0.15, 0.2) is 5.96 Å². The van der Waals surface area contributed by atoms with Gasteiger partial charge in [0.2, 0.25) is 5.91 Å². The van der Waals surface area contributed by atoms with Gasteiger partial charge in [-0.1, -0.05) is 12.1 Å². The molecule has 0 unspecified atom stereocenters. The molecular weight excluding hydrogens is 259 g/mol. The molecular formula is C14H19FN4O. The highest BCUT2D eigenvalue weighted by Crippen LogP contribution is 2.03. The second-order valence-electron chi connectivity index (χ2n) is 4.59. The molecule has 1 aliphatic heterocycles. The molecule has 1 aromatic rings. The molecule has 1 amide bonds. The van der Waals surface area contributed by atoms with Crippen LogP contribution in [-0.4, -0.2) is 38.0 Å². The summed E-state index contributed by atoms with van der Waals surface area (Å²) in [5.74, 6) is 0.352. The van der Waals surface area contributed by atoms with Gasteiger partial charge in [0.25, 0.3) is 0 Å². The van der Waals surface area contributed by atoms with E-state index in [-0.39, 0.29) is 18.1 Å². The van der Waals surface area contributed by atoms with Crippen molar-refractivity contribution in [1.29, 1.82) is 0 Å². The lowest BCUT2D eigenvalue weighted by Gasteiger charge is -2.16. The zero-order chi connectivity index (χ0) is 14.2. The molecule has 1 heterocycles. The van der Waals surface area contributed by atoms with Gasteiger partial charge in [-0.05, 0) is 24.1 Å². The van der Waals surface area contributed by atoms with Gasteiger partial charge >= 0.3 is 0 Å². The summed E-state index contributed by atoms with van der Waals surface area (Å²) in [6.45, 7) is 2.88. The van der Waals surface area contributed by atoms with Crippen molar-refractivity contribution < 1.29 is 9.18 Å². The maximum absolute atomic E-state index is 13.0. The van der Waals surface area contributed by atoms with Crippen LogP contribution in [0.5, 0.6) is 0 Å². The number of nitrogens with one attached hydrogen (secondary N) is 3. The molecule has 2 rings (SSSR count). The van der Waals surface area contributed by atoms with Gasteiger partial charge in [-0.3, -0.25) is 9.79 Å². The maximum Gasteiger partial charge on any atom is 0.224 e. The minimum Gasteiger partial charge on any atom is -0.356 e. The van der Waals surface area contributed by atoms with E-state index >= 15 is 0 Å². The summed E-state index contributed by atoms with van der Waals surface area (Å²) in [4.78, 5) is 15.9. The fourth-order valence-electron chi connectivity index (χ4n) is 1.93. The number of benzene rings is 1. The Kier molecular flexibility index (Phi) is 5.34. The van der Waals surface area contributed by atoms with Crippen LogP contribution in [0.2, 0.25) is 0 Å². The lowest BCUT2D eigenvalue weighted by Crippen LogP contribution is -2.43. The smallest absolute Gasteiger partial charge is 0.224 e. The monoisotopic (exact) mass is 278 g/mol. The molecule has 0 atom stereocenters. The minimum atomic E-state index is -0.321. The van der Waals surface area contributed by atoms with Crippen LogP contribution >= 0.6 is 0 Å². The Morgan fingerprint density at radius 1 is 1.40 bits per heavy atom. The zero-order valence-electron chi connectivity index (χ0n) is 11.3. The van der Waals surface area contributed by atoms with Crippen LogP contribution in [0.4, 0.5) is 4.39 Å². The Balaban J connectivity index is 1.64. The topological polar surface area (TPSA) is 65.5 Å². The summed E-state index contributed by atoms with van der Waals surface area (Å²) in [7, 11) is 0. The number of carbonyl (C=O) groups is 1. The lowest BCUT2D eigenvalue weighted by atomic mass is 10.1. The van der Waals surface area contributed by atoms with Crippen molar-refractivity contribution in [2.75, 3.05) is 26.2 Å². The van der Waals surface area contributed by atoms with Crippen molar-refractivity contribution in [3.8, 4) is 0 Å². The standard InChI is InChI=1S/C14H19FN4O/c15-12-4-1-3-11(9-12)10-13(20)16-7-8-19-14-17-5-2-6-18-14/h1,3-4,9H,2,5-8,10H2,(H,16,20)(H2,17,18,19). The first-order valence-corrected chi connectivity index (χ1v) is 6.77. The summed E-state index contributed by atoms with van der Waals surface area (Å²) in [6.07, 6.45) is 1.24. The van der Waals surface area contributed by atoms with E-state index in [1.54, 1.807) is 12.1 Å². The van der Waals surface area contributed by atoms with E-state index in [4.69, 9.17) is 0 Å². The predicted molar refractivity (Wildman–Crippen MR) is 76.0 cm³/mol. The molecule has 1 aliphatic rings. The first-order chi connectivity index (χ1) is 9.74. The first-order valence-electron chi connectivity index (χ1n) is 6.77. The molecule has 3 N–H and O–H groups in total. The molecule has 20 heavy (non-hydrogen) atoms. The summed E-state index contributed by atoms with van der Waals surface area (Å²) in [5, 5.41) is 9.04. The summed E-state index contributed by atoms with van der Waals surface area (Å²) in [6, 6.07) is 6.08. The Hall–Kier alpha value is -2.11. The molecule has 0 aliphatic carbocycles. The Bertz CT molecular complexity index is 490. The summed E-state index contributed by atoms with van der Waals surface area (Å²) < 4.78 is 13.0. The van der Waals surface area contributed by atoms with E-state index in [0.29, 0.717) is 18.7 Å². The molecule has 1 aromatic carbocycles. The molecule has 0 fully saturated rings. The molecule has 0 spiro atoms. The molecule has 0 radical (unpaired) electrons. The van der Waals surface area contributed by atoms with Crippen LogP contribution in [0.25, 0.3) is 0 Å². The lowest BCUT2D eigenvalue weighted by molar-refractivity contribution is -0.120. The van der Waals surface area contributed by atoms with E-state index in [0.717, 1.165) is 25.5 Å². The quantitative estimate of drug-likeness (QED) is 0.684. The highest BCUT2D eigenvalue weighted by atomic mass is 19.1. The average Bonchev–Trinajstić information content (AvgIpc) is 2.45. The average molecular weight is 278 g/mol. The fourth-order valence-corrected chi connectivity index (χ4v) is 1.93. The van der Waals surface area contributed by atoms with Crippen LogP contribution in [0.15, 0.2) is 29.3 Å². The SMILES string of the molecule is O=C(Cc1cccc(F)c1)NCCNC1=NCCCN1. The number of hydrogen-bond donors (Lipinski definition) is 3. The van der Waals surface area contributed by atoms with Crippen molar-refractivity contribution in [2.24, 2.45) is 4.99 Å². The highest BCUT2D eigenvalue weighted by Gasteiger charge is 2.05. The predicted octanol–water partition coefficient (Wildman–Crippen LogP) is 0.423. The van der Waals surface area contributed by atoms with Gasteiger partial charge in [0, 0.05) is 26.2 Å². The summed E-state index contributed by atoms with van der Waals surface area (Å²) >= 11 is 0. The van der Waals surface area contributed by atoms with Crippen molar-refractivity contribution in [3.05, 3.63) is 35.6 Å². The number of nitrogens with zero attached hydrogens (tertiary/aromatic N) is 1. The zero-order valence-corrected chi connectivity index (χ0v) is 11.3. The van der Waals surface area contributed by atoms with E-state index < -0.39 is 0 Å². The molecule has 0 saturated carbocycles. The number of hydrogen-bond acceptors (Lipinski definition) is 4. The van der Waals surface area contributed by atoms with E-state index in [9.17, 15) is 9.18 Å². The van der Waals surface area contributed by atoms with Crippen molar-refractivity contribution in [2.45, 2.75) is 12.8 Å². The molecule has 108 valence electrons. The Morgan fingerprint density at radius 3 is 3.05 bits per heavy atom. The fraction of sp³-hybridized carbons (Fsp3) is 0.429. The van der Waals surface area contributed by atoms with E-state index in [1.165, 1.54) is 12.1 Å². The molecule has 5 nitrogen and oxygen atoms in total. The third-order valence-electron chi connectivity index (χ3n) is 2.89. The maximum atomic E-state index is 13.0. The number of halogens is 1. The van der Waals surface area contributed by atoms with Crippen molar-refractivity contribution in [1.82, 2.24) is 16.0 Å².